The van der Waals surface area contributed by atoms with Gasteiger partial charge in [-0.1, -0.05) is 5.21 Å². The topological polar surface area (TPSA) is 69.0 Å². The summed E-state index contributed by atoms with van der Waals surface area (Å²) in [7, 11) is 1.85. The highest BCUT2D eigenvalue weighted by molar-refractivity contribution is 5.82. The SMILES string of the molecule is C[C@H]1CN(c2ncnc3c2nnn3C)C[C@H](C2CC2)O1. The number of rotatable bonds is 2. The summed E-state index contributed by atoms with van der Waals surface area (Å²) in [5, 5.41) is 8.25. The Kier molecular flexibility index (Phi) is 2.63. The van der Waals surface area contributed by atoms with Crippen molar-refractivity contribution >= 4 is 17.0 Å². The quantitative estimate of drug-likeness (QED) is 0.805. The van der Waals surface area contributed by atoms with Gasteiger partial charge in [0.2, 0.25) is 0 Å². The lowest BCUT2D eigenvalue weighted by molar-refractivity contribution is -0.0273. The lowest BCUT2D eigenvalue weighted by atomic mass is 10.1. The zero-order valence-corrected chi connectivity index (χ0v) is 11.7. The summed E-state index contributed by atoms with van der Waals surface area (Å²) in [6.07, 6.45) is 4.70. The Bertz CT molecular complexity index is 637. The van der Waals surface area contributed by atoms with Crippen molar-refractivity contribution in [2.45, 2.75) is 32.0 Å². The van der Waals surface area contributed by atoms with Crippen LogP contribution in [0.3, 0.4) is 0 Å². The van der Waals surface area contributed by atoms with E-state index in [1.165, 1.54) is 12.8 Å². The summed E-state index contributed by atoms with van der Waals surface area (Å²) in [6, 6.07) is 0. The molecule has 1 saturated heterocycles. The smallest absolute Gasteiger partial charge is 0.183 e. The van der Waals surface area contributed by atoms with Crippen LogP contribution in [-0.4, -0.2) is 50.3 Å². The highest BCUT2D eigenvalue weighted by Crippen LogP contribution is 2.37. The number of aryl methyl sites for hydroxylation is 1. The molecule has 2 aromatic heterocycles. The highest BCUT2D eigenvalue weighted by Gasteiger charge is 2.38. The zero-order chi connectivity index (χ0) is 13.7. The van der Waals surface area contributed by atoms with Crippen molar-refractivity contribution in [2.24, 2.45) is 13.0 Å². The van der Waals surface area contributed by atoms with Gasteiger partial charge >= 0.3 is 0 Å². The van der Waals surface area contributed by atoms with Crippen molar-refractivity contribution < 1.29 is 4.74 Å². The molecule has 7 nitrogen and oxygen atoms in total. The fourth-order valence-electron chi connectivity index (χ4n) is 2.96. The molecule has 0 aromatic carbocycles. The number of ether oxygens (including phenoxy) is 1. The molecule has 1 aliphatic carbocycles. The Balaban J connectivity index is 1.70. The Labute approximate surface area is 116 Å². The summed E-state index contributed by atoms with van der Waals surface area (Å²) >= 11 is 0. The van der Waals surface area contributed by atoms with Crippen LogP contribution in [0, 0.1) is 5.92 Å². The average molecular weight is 274 g/mol. The van der Waals surface area contributed by atoms with Crippen molar-refractivity contribution in [2.75, 3.05) is 18.0 Å². The third-order valence-electron chi connectivity index (χ3n) is 4.10. The van der Waals surface area contributed by atoms with E-state index in [4.69, 9.17) is 4.74 Å². The Morgan fingerprint density at radius 1 is 1.25 bits per heavy atom. The van der Waals surface area contributed by atoms with Gasteiger partial charge in [0, 0.05) is 20.1 Å². The molecule has 0 bridgehead atoms. The van der Waals surface area contributed by atoms with Crippen molar-refractivity contribution in [3.8, 4) is 0 Å². The maximum atomic E-state index is 6.05. The monoisotopic (exact) mass is 274 g/mol. The first-order valence-corrected chi connectivity index (χ1v) is 7.13. The predicted octanol–water partition coefficient (Wildman–Crippen LogP) is 0.762. The number of morpholine rings is 1. The molecule has 0 N–H and O–H groups in total. The third-order valence-corrected chi connectivity index (χ3v) is 4.10. The minimum Gasteiger partial charge on any atom is -0.371 e. The number of anilines is 1. The van der Waals surface area contributed by atoms with E-state index in [0.29, 0.717) is 6.10 Å². The lowest BCUT2D eigenvalue weighted by Gasteiger charge is -2.37. The molecule has 2 aliphatic rings. The van der Waals surface area contributed by atoms with Crippen LogP contribution in [0.25, 0.3) is 11.2 Å². The van der Waals surface area contributed by atoms with Gasteiger partial charge in [-0.05, 0) is 25.7 Å². The van der Waals surface area contributed by atoms with Crippen LogP contribution in [0.2, 0.25) is 0 Å². The maximum absolute atomic E-state index is 6.05. The Hall–Kier alpha value is -1.76. The third kappa shape index (κ3) is 1.93. The van der Waals surface area contributed by atoms with E-state index in [1.54, 1.807) is 11.0 Å². The van der Waals surface area contributed by atoms with E-state index in [0.717, 1.165) is 36.0 Å². The fraction of sp³-hybridized carbons (Fsp3) is 0.692. The van der Waals surface area contributed by atoms with Crippen molar-refractivity contribution in [1.82, 2.24) is 25.0 Å². The second-order valence-corrected chi connectivity index (χ2v) is 5.81. The second kappa shape index (κ2) is 4.37. The molecule has 1 saturated carbocycles. The lowest BCUT2D eigenvalue weighted by Crippen LogP contribution is -2.48. The average Bonchev–Trinajstić information content (AvgIpc) is 3.23. The molecule has 1 aliphatic heterocycles. The summed E-state index contributed by atoms with van der Waals surface area (Å²) in [6.45, 7) is 3.85. The van der Waals surface area contributed by atoms with Crippen molar-refractivity contribution in [3.05, 3.63) is 6.33 Å². The molecular formula is C13H18N6O. The van der Waals surface area contributed by atoms with Gasteiger partial charge in [0.1, 0.15) is 6.33 Å². The van der Waals surface area contributed by atoms with Gasteiger partial charge in [0.25, 0.3) is 0 Å². The minimum atomic E-state index is 0.219. The van der Waals surface area contributed by atoms with Crippen LogP contribution in [0.5, 0.6) is 0 Å². The molecule has 106 valence electrons. The Morgan fingerprint density at radius 3 is 2.90 bits per heavy atom. The minimum absolute atomic E-state index is 0.219. The van der Waals surface area contributed by atoms with Crippen LogP contribution >= 0.6 is 0 Å². The normalized spacial score (nSPS) is 27.2. The van der Waals surface area contributed by atoms with Crippen LogP contribution in [0.1, 0.15) is 19.8 Å². The molecule has 7 heteroatoms. The molecule has 0 amide bonds. The fourth-order valence-corrected chi connectivity index (χ4v) is 2.96. The van der Waals surface area contributed by atoms with Crippen LogP contribution in [0.4, 0.5) is 5.82 Å². The van der Waals surface area contributed by atoms with Gasteiger partial charge in [-0.25, -0.2) is 14.6 Å². The second-order valence-electron chi connectivity index (χ2n) is 5.81. The molecule has 0 spiro atoms. The van der Waals surface area contributed by atoms with Crippen LogP contribution in [0.15, 0.2) is 6.33 Å². The van der Waals surface area contributed by atoms with Crippen LogP contribution < -0.4 is 4.90 Å². The van der Waals surface area contributed by atoms with E-state index in [1.807, 2.05) is 7.05 Å². The van der Waals surface area contributed by atoms with Gasteiger partial charge in [-0.3, -0.25) is 0 Å². The standard InChI is InChI=1S/C13H18N6O/c1-8-5-19(6-10(20-8)9-3-4-9)13-11-12(14-7-15-13)18(2)17-16-11/h7-10H,3-6H2,1-2H3/t8-,10+/m0/s1. The van der Waals surface area contributed by atoms with Gasteiger partial charge in [0.15, 0.2) is 17.0 Å². The number of hydrogen-bond donors (Lipinski definition) is 0. The largest absolute Gasteiger partial charge is 0.371 e. The Morgan fingerprint density at radius 2 is 2.10 bits per heavy atom. The molecular weight excluding hydrogens is 256 g/mol. The van der Waals surface area contributed by atoms with E-state index < -0.39 is 0 Å². The maximum Gasteiger partial charge on any atom is 0.183 e. The summed E-state index contributed by atoms with van der Waals surface area (Å²) < 4.78 is 7.74. The van der Waals surface area contributed by atoms with E-state index >= 15 is 0 Å². The molecule has 0 radical (unpaired) electrons. The van der Waals surface area contributed by atoms with Gasteiger partial charge < -0.3 is 9.64 Å². The van der Waals surface area contributed by atoms with E-state index in [2.05, 4.69) is 32.1 Å². The first kappa shape index (κ1) is 12.0. The van der Waals surface area contributed by atoms with Crippen molar-refractivity contribution in [1.29, 1.82) is 0 Å². The summed E-state index contributed by atoms with van der Waals surface area (Å²) in [4.78, 5) is 11.0. The first-order valence-electron chi connectivity index (χ1n) is 7.13. The molecule has 0 unspecified atom stereocenters. The molecule has 20 heavy (non-hydrogen) atoms. The number of aromatic nitrogens is 5. The molecule has 2 fully saturated rings. The number of nitrogens with zero attached hydrogens (tertiary/aromatic N) is 6. The zero-order valence-electron chi connectivity index (χ0n) is 11.7. The first-order chi connectivity index (χ1) is 9.72. The molecule has 2 aromatic rings. The van der Waals surface area contributed by atoms with Gasteiger partial charge in [-0.15, -0.1) is 5.10 Å². The highest BCUT2D eigenvalue weighted by atomic mass is 16.5. The molecule has 3 heterocycles. The van der Waals surface area contributed by atoms with Gasteiger partial charge in [0.05, 0.1) is 12.2 Å². The van der Waals surface area contributed by atoms with Gasteiger partial charge in [-0.2, -0.15) is 0 Å². The predicted molar refractivity (Wildman–Crippen MR) is 73.4 cm³/mol. The molecule has 2 atom stereocenters. The van der Waals surface area contributed by atoms with E-state index in [9.17, 15) is 0 Å². The van der Waals surface area contributed by atoms with Crippen LogP contribution in [-0.2, 0) is 11.8 Å². The van der Waals surface area contributed by atoms with E-state index in [-0.39, 0.29) is 6.10 Å². The summed E-state index contributed by atoms with van der Waals surface area (Å²) in [5.41, 5.74) is 1.55. The molecule has 4 rings (SSSR count). The van der Waals surface area contributed by atoms with Crippen molar-refractivity contribution in [3.63, 3.8) is 0 Å². The summed E-state index contributed by atoms with van der Waals surface area (Å²) in [5.74, 6) is 1.60. The number of fused-ring (bicyclic) bond motifs is 1. The number of hydrogen-bond acceptors (Lipinski definition) is 6.